The summed E-state index contributed by atoms with van der Waals surface area (Å²) in [6.07, 6.45) is 4.44. The number of fused-ring (bicyclic) bond motifs is 1. The van der Waals surface area contributed by atoms with E-state index < -0.39 is 0 Å². The molecule has 0 fully saturated rings. The first-order valence-corrected chi connectivity index (χ1v) is 5.04. The summed E-state index contributed by atoms with van der Waals surface area (Å²) in [5, 5.41) is 0. The maximum atomic E-state index is 10.7. The fourth-order valence-electron chi connectivity index (χ4n) is 1.31. The van der Waals surface area contributed by atoms with E-state index in [2.05, 4.69) is 9.97 Å². The Morgan fingerprint density at radius 1 is 1.54 bits per heavy atom. The number of H-pyrrole nitrogens is 1. The van der Waals surface area contributed by atoms with Crippen molar-refractivity contribution >= 4 is 29.1 Å². The van der Waals surface area contributed by atoms with Gasteiger partial charge >= 0.3 is 0 Å². The third kappa shape index (κ3) is 1.23. The average Bonchev–Trinajstić information content (AvgIpc) is 2.63. The van der Waals surface area contributed by atoms with Gasteiger partial charge in [0.15, 0.2) is 6.29 Å². The number of carbonyl (C=O) groups is 1. The molecular formula is C9H8N2OS. The quantitative estimate of drug-likeness (QED) is 0.585. The lowest BCUT2D eigenvalue weighted by Crippen LogP contribution is -1.85. The van der Waals surface area contributed by atoms with Gasteiger partial charge in [-0.25, -0.2) is 4.98 Å². The molecule has 3 nitrogen and oxygen atoms in total. The molecular weight excluding hydrogens is 184 g/mol. The summed E-state index contributed by atoms with van der Waals surface area (Å²) < 4.78 is 0. The number of benzene rings is 1. The first-order valence-electron chi connectivity index (χ1n) is 3.82. The second-order valence-electron chi connectivity index (χ2n) is 2.60. The Morgan fingerprint density at radius 3 is 3.08 bits per heavy atom. The highest BCUT2D eigenvalue weighted by atomic mass is 32.2. The Balaban J connectivity index is 2.81. The molecule has 0 bridgehead atoms. The Morgan fingerprint density at radius 2 is 2.38 bits per heavy atom. The number of aromatic amines is 1. The van der Waals surface area contributed by atoms with Crippen LogP contribution in [0.25, 0.3) is 11.0 Å². The van der Waals surface area contributed by atoms with Crippen molar-refractivity contribution in [3.8, 4) is 0 Å². The van der Waals surface area contributed by atoms with E-state index in [1.807, 2.05) is 12.3 Å². The third-order valence-corrected chi connectivity index (χ3v) is 2.74. The van der Waals surface area contributed by atoms with Crippen LogP contribution in [0.2, 0.25) is 0 Å². The summed E-state index contributed by atoms with van der Waals surface area (Å²) in [4.78, 5) is 18.8. The Hall–Kier alpha value is -1.29. The van der Waals surface area contributed by atoms with E-state index in [0.717, 1.165) is 22.2 Å². The van der Waals surface area contributed by atoms with Gasteiger partial charge < -0.3 is 4.98 Å². The van der Waals surface area contributed by atoms with E-state index in [9.17, 15) is 4.79 Å². The number of nitrogens with zero attached hydrogens (tertiary/aromatic N) is 1. The van der Waals surface area contributed by atoms with Crippen molar-refractivity contribution in [2.24, 2.45) is 0 Å². The number of thioether (sulfide) groups is 1. The molecule has 2 aromatic rings. The molecule has 66 valence electrons. The van der Waals surface area contributed by atoms with E-state index in [0.29, 0.717) is 5.56 Å². The van der Waals surface area contributed by atoms with E-state index in [-0.39, 0.29) is 0 Å². The largest absolute Gasteiger partial charge is 0.345 e. The van der Waals surface area contributed by atoms with Crippen LogP contribution in [-0.4, -0.2) is 22.5 Å². The van der Waals surface area contributed by atoms with Crippen molar-refractivity contribution in [2.75, 3.05) is 6.26 Å². The number of aldehydes is 1. The van der Waals surface area contributed by atoms with Crippen molar-refractivity contribution in [1.29, 1.82) is 0 Å². The molecule has 1 aromatic heterocycles. The standard InChI is InChI=1S/C9H8N2OS/c1-13-9-6(4-12)2-3-7-8(9)11-5-10-7/h2-5H,1H3,(H,10,11). The number of carbonyl (C=O) groups excluding carboxylic acids is 1. The molecule has 0 unspecified atom stereocenters. The minimum absolute atomic E-state index is 0.701. The zero-order chi connectivity index (χ0) is 9.26. The molecule has 0 saturated carbocycles. The number of hydrogen-bond acceptors (Lipinski definition) is 3. The van der Waals surface area contributed by atoms with Gasteiger partial charge in [-0.2, -0.15) is 0 Å². The molecule has 0 aliphatic rings. The van der Waals surface area contributed by atoms with E-state index in [4.69, 9.17) is 0 Å². The molecule has 4 heteroatoms. The summed E-state index contributed by atoms with van der Waals surface area (Å²) in [5.74, 6) is 0. The monoisotopic (exact) mass is 192 g/mol. The van der Waals surface area contributed by atoms with Gasteiger partial charge in [0.25, 0.3) is 0 Å². The molecule has 0 amide bonds. The molecule has 0 saturated heterocycles. The fourth-order valence-corrected chi connectivity index (χ4v) is 2.01. The highest BCUT2D eigenvalue weighted by Crippen LogP contribution is 2.26. The maximum absolute atomic E-state index is 10.7. The number of hydrogen-bond donors (Lipinski definition) is 1. The maximum Gasteiger partial charge on any atom is 0.151 e. The zero-order valence-corrected chi connectivity index (χ0v) is 7.89. The second-order valence-corrected chi connectivity index (χ2v) is 3.42. The SMILES string of the molecule is CSc1c(C=O)ccc2[nH]cnc12. The number of imidazole rings is 1. The van der Waals surface area contributed by atoms with Crippen LogP contribution in [0.15, 0.2) is 23.4 Å². The minimum Gasteiger partial charge on any atom is -0.345 e. The molecule has 1 N–H and O–H groups in total. The van der Waals surface area contributed by atoms with Gasteiger partial charge in [-0.1, -0.05) is 0 Å². The van der Waals surface area contributed by atoms with Crippen LogP contribution in [-0.2, 0) is 0 Å². The van der Waals surface area contributed by atoms with E-state index in [1.165, 1.54) is 0 Å². The van der Waals surface area contributed by atoms with Gasteiger partial charge in [0, 0.05) is 10.5 Å². The Kier molecular flexibility index (Phi) is 2.06. The summed E-state index contributed by atoms with van der Waals surface area (Å²) >= 11 is 1.54. The lowest BCUT2D eigenvalue weighted by molar-refractivity contribution is 0.112. The molecule has 0 aliphatic carbocycles. The minimum atomic E-state index is 0.701. The Bertz CT molecular complexity index is 450. The van der Waals surface area contributed by atoms with Gasteiger partial charge in [-0.3, -0.25) is 4.79 Å². The van der Waals surface area contributed by atoms with Crippen LogP contribution in [0.5, 0.6) is 0 Å². The molecule has 1 heterocycles. The van der Waals surface area contributed by atoms with Crippen molar-refractivity contribution in [3.05, 3.63) is 24.0 Å². The predicted molar refractivity (Wildman–Crippen MR) is 53.3 cm³/mol. The van der Waals surface area contributed by atoms with E-state index in [1.54, 1.807) is 24.2 Å². The molecule has 13 heavy (non-hydrogen) atoms. The molecule has 0 radical (unpaired) electrons. The van der Waals surface area contributed by atoms with Crippen LogP contribution < -0.4 is 0 Å². The summed E-state index contributed by atoms with van der Waals surface area (Å²) in [5.41, 5.74) is 2.54. The van der Waals surface area contributed by atoms with Gasteiger partial charge in [0.05, 0.1) is 11.8 Å². The first-order chi connectivity index (χ1) is 6.36. The van der Waals surface area contributed by atoms with Gasteiger partial charge in [-0.15, -0.1) is 11.8 Å². The number of nitrogens with one attached hydrogen (secondary N) is 1. The summed E-state index contributed by atoms with van der Waals surface area (Å²) in [7, 11) is 0. The summed E-state index contributed by atoms with van der Waals surface area (Å²) in [6.45, 7) is 0. The smallest absolute Gasteiger partial charge is 0.151 e. The van der Waals surface area contributed by atoms with Crippen LogP contribution in [0.3, 0.4) is 0 Å². The van der Waals surface area contributed by atoms with Gasteiger partial charge in [-0.05, 0) is 18.4 Å². The topological polar surface area (TPSA) is 45.8 Å². The van der Waals surface area contributed by atoms with Crippen LogP contribution >= 0.6 is 11.8 Å². The van der Waals surface area contributed by atoms with Gasteiger partial charge in [0.2, 0.25) is 0 Å². The molecule has 2 rings (SSSR count). The highest BCUT2D eigenvalue weighted by molar-refractivity contribution is 7.98. The molecule has 1 aromatic carbocycles. The predicted octanol–water partition coefficient (Wildman–Crippen LogP) is 2.10. The summed E-state index contributed by atoms with van der Waals surface area (Å²) in [6, 6.07) is 3.67. The third-order valence-electron chi connectivity index (χ3n) is 1.91. The van der Waals surface area contributed by atoms with Crippen molar-refractivity contribution < 1.29 is 4.79 Å². The molecule has 0 spiro atoms. The van der Waals surface area contributed by atoms with E-state index >= 15 is 0 Å². The molecule has 0 aliphatic heterocycles. The van der Waals surface area contributed by atoms with Crippen molar-refractivity contribution in [2.45, 2.75) is 4.90 Å². The number of aromatic nitrogens is 2. The highest BCUT2D eigenvalue weighted by Gasteiger charge is 2.07. The van der Waals surface area contributed by atoms with Crippen molar-refractivity contribution in [3.63, 3.8) is 0 Å². The fraction of sp³-hybridized carbons (Fsp3) is 0.111. The van der Waals surface area contributed by atoms with Crippen LogP contribution in [0.1, 0.15) is 10.4 Å². The van der Waals surface area contributed by atoms with Crippen LogP contribution in [0.4, 0.5) is 0 Å². The molecule has 0 atom stereocenters. The van der Waals surface area contributed by atoms with Crippen molar-refractivity contribution in [1.82, 2.24) is 9.97 Å². The lowest BCUT2D eigenvalue weighted by Gasteiger charge is -2.00. The average molecular weight is 192 g/mol. The normalized spacial score (nSPS) is 10.5. The number of rotatable bonds is 2. The zero-order valence-electron chi connectivity index (χ0n) is 7.07. The lowest BCUT2D eigenvalue weighted by atomic mass is 10.2. The first kappa shape index (κ1) is 8.31. The van der Waals surface area contributed by atoms with Crippen LogP contribution in [0, 0.1) is 0 Å². The second kappa shape index (κ2) is 3.22. The van der Waals surface area contributed by atoms with Gasteiger partial charge in [0.1, 0.15) is 5.52 Å². The Labute approximate surface area is 79.6 Å².